The van der Waals surface area contributed by atoms with E-state index < -0.39 is 34.3 Å². The smallest absolute Gasteiger partial charge is 0.264 e. The Bertz CT molecular complexity index is 1780. The zero-order chi connectivity index (χ0) is 34.1. The molecule has 5 rings (SSSR count). The van der Waals surface area contributed by atoms with Gasteiger partial charge in [-0.15, -0.1) is 0 Å². The molecule has 11 heteroatoms. The Morgan fingerprint density at radius 2 is 1.48 bits per heavy atom. The van der Waals surface area contributed by atoms with Crippen molar-refractivity contribution < 1.29 is 31.9 Å². The quantitative estimate of drug-likeness (QED) is 0.183. The summed E-state index contributed by atoms with van der Waals surface area (Å²) in [6.07, 6.45) is 3.88. The summed E-state index contributed by atoms with van der Waals surface area (Å²) in [5, 5.41) is 3.14. The number of hydrogen-bond donors (Lipinski definition) is 1. The van der Waals surface area contributed by atoms with Crippen LogP contribution in [0.5, 0.6) is 11.5 Å². The van der Waals surface area contributed by atoms with Gasteiger partial charge in [-0.3, -0.25) is 13.9 Å². The van der Waals surface area contributed by atoms with Crippen LogP contribution in [0.3, 0.4) is 0 Å². The number of nitrogens with one attached hydrogen (secondary N) is 1. The van der Waals surface area contributed by atoms with Crippen LogP contribution < -0.4 is 19.1 Å². The molecule has 1 saturated carbocycles. The lowest BCUT2D eigenvalue weighted by atomic mass is 10.0. The fourth-order valence-electron chi connectivity index (χ4n) is 5.93. The van der Waals surface area contributed by atoms with Gasteiger partial charge in [0.1, 0.15) is 29.9 Å². The molecule has 1 unspecified atom stereocenters. The predicted molar refractivity (Wildman–Crippen MR) is 182 cm³/mol. The van der Waals surface area contributed by atoms with E-state index in [4.69, 9.17) is 9.47 Å². The number of amides is 2. The first-order valence-corrected chi connectivity index (χ1v) is 17.3. The number of anilines is 1. The standard InChI is InChI=1S/C37H40FN3O6S/c1-46-31-20-22-32(23-21-31)48(44,45)41(33-14-8-9-15-35(33)47-2)26-36(42)40(25-28-16-18-29(38)19-17-28)34(24-27-10-4-3-5-11-27)37(43)39-30-12-6-7-13-30/h3-5,8-11,14-23,30,34H,6-7,12-13,24-26H2,1-2H3,(H,39,43). The van der Waals surface area contributed by atoms with Crippen molar-refractivity contribution >= 4 is 27.5 Å². The lowest BCUT2D eigenvalue weighted by molar-refractivity contribution is -0.140. The highest BCUT2D eigenvalue weighted by Crippen LogP contribution is 2.33. The molecule has 252 valence electrons. The molecule has 0 bridgehead atoms. The minimum Gasteiger partial charge on any atom is -0.497 e. The van der Waals surface area contributed by atoms with E-state index >= 15 is 0 Å². The third-order valence-electron chi connectivity index (χ3n) is 8.52. The summed E-state index contributed by atoms with van der Waals surface area (Å²) in [5.41, 5.74) is 1.56. The van der Waals surface area contributed by atoms with Crippen LogP contribution in [0.15, 0.2) is 108 Å². The molecule has 9 nitrogen and oxygen atoms in total. The first kappa shape index (κ1) is 34.4. The molecule has 48 heavy (non-hydrogen) atoms. The van der Waals surface area contributed by atoms with Crippen LogP contribution in [0.4, 0.5) is 10.1 Å². The number of nitrogens with zero attached hydrogens (tertiary/aromatic N) is 2. The van der Waals surface area contributed by atoms with Crippen LogP contribution in [0.25, 0.3) is 0 Å². The third kappa shape index (κ3) is 8.32. The van der Waals surface area contributed by atoms with Crippen molar-refractivity contribution in [3.63, 3.8) is 0 Å². The maximum Gasteiger partial charge on any atom is 0.264 e. The second-order valence-electron chi connectivity index (χ2n) is 11.7. The summed E-state index contributed by atoms with van der Waals surface area (Å²) in [4.78, 5) is 30.1. The Kier molecular flexibility index (Phi) is 11.3. The number of benzene rings is 4. The molecule has 1 fully saturated rings. The molecule has 1 N–H and O–H groups in total. The Hall–Kier alpha value is -4.90. The van der Waals surface area contributed by atoms with E-state index in [1.165, 1.54) is 55.5 Å². The summed E-state index contributed by atoms with van der Waals surface area (Å²) in [6.45, 7) is -0.699. The molecule has 0 radical (unpaired) electrons. The zero-order valence-corrected chi connectivity index (χ0v) is 27.9. The summed E-state index contributed by atoms with van der Waals surface area (Å²) in [7, 11) is -1.44. The first-order chi connectivity index (χ1) is 23.2. The molecule has 1 aliphatic rings. The van der Waals surface area contributed by atoms with Crippen LogP contribution in [-0.2, 0) is 32.6 Å². The van der Waals surface area contributed by atoms with Gasteiger partial charge in [-0.1, -0.05) is 67.4 Å². The number of ether oxygens (including phenoxy) is 2. The molecule has 0 spiro atoms. The number of methoxy groups -OCH3 is 2. The van der Waals surface area contributed by atoms with E-state index in [0.29, 0.717) is 11.3 Å². The van der Waals surface area contributed by atoms with Gasteiger partial charge < -0.3 is 19.7 Å². The van der Waals surface area contributed by atoms with Gasteiger partial charge in [0.25, 0.3) is 10.0 Å². The average molecular weight is 674 g/mol. The highest BCUT2D eigenvalue weighted by molar-refractivity contribution is 7.92. The monoisotopic (exact) mass is 673 g/mol. The fourth-order valence-corrected chi connectivity index (χ4v) is 7.36. The molecule has 4 aromatic carbocycles. The largest absolute Gasteiger partial charge is 0.497 e. The highest BCUT2D eigenvalue weighted by Gasteiger charge is 2.36. The number of rotatable bonds is 14. The molecular weight excluding hydrogens is 633 g/mol. The van der Waals surface area contributed by atoms with Crippen LogP contribution in [0, 0.1) is 5.82 Å². The first-order valence-electron chi connectivity index (χ1n) is 15.9. The Labute approximate surface area is 281 Å². The van der Waals surface area contributed by atoms with Crippen molar-refractivity contribution in [3.05, 3.63) is 120 Å². The summed E-state index contributed by atoms with van der Waals surface area (Å²) < 4.78 is 54.3. The van der Waals surface area contributed by atoms with Crippen molar-refractivity contribution in [2.75, 3.05) is 25.1 Å². The number of halogens is 1. The van der Waals surface area contributed by atoms with Crippen LogP contribution in [-0.4, -0.2) is 58.0 Å². The Morgan fingerprint density at radius 1 is 0.833 bits per heavy atom. The number of para-hydroxylation sites is 2. The minimum atomic E-state index is -4.34. The molecule has 0 saturated heterocycles. The van der Waals surface area contributed by atoms with E-state index in [9.17, 15) is 22.4 Å². The van der Waals surface area contributed by atoms with E-state index in [1.807, 2.05) is 30.3 Å². The lowest BCUT2D eigenvalue weighted by Crippen LogP contribution is -2.54. The van der Waals surface area contributed by atoms with Gasteiger partial charge in [-0.25, -0.2) is 12.8 Å². The highest BCUT2D eigenvalue weighted by atomic mass is 32.2. The van der Waals surface area contributed by atoms with E-state index in [2.05, 4.69) is 5.32 Å². The lowest BCUT2D eigenvalue weighted by Gasteiger charge is -2.34. The van der Waals surface area contributed by atoms with Gasteiger partial charge >= 0.3 is 0 Å². The van der Waals surface area contributed by atoms with Crippen LogP contribution >= 0.6 is 0 Å². The van der Waals surface area contributed by atoms with Crippen LogP contribution in [0.2, 0.25) is 0 Å². The average Bonchev–Trinajstić information content (AvgIpc) is 3.62. The maximum atomic E-state index is 14.7. The number of carbonyl (C=O) groups excluding carboxylic acids is 2. The predicted octanol–water partition coefficient (Wildman–Crippen LogP) is 5.74. The van der Waals surface area contributed by atoms with Gasteiger partial charge in [0.15, 0.2) is 0 Å². The summed E-state index contributed by atoms with van der Waals surface area (Å²) in [6, 6.07) is 26.4. The van der Waals surface area contributed by atoms with Crippen molar-refractivity contribution in [2.45, 2.75) is 55.6 Å². The van der Waals surface area contributed by atoms with Crippen LogP contribution in [0.1, 0.15) is 36.8 Å². The molecule has 0 heterocycles. The minimum absolute atomic E-state index is 0.0147. The summed E-state index contributed by atoms with van der Waals surface area (Å²) in [5.74, 6) is -0.680. The topological polar surface area (TPSA) is 105 Å². The SMILES string of the molecule is COc1ccc(S(=O)(=O)N(CC(=O)N(Cc2ccc(F)cc2)C(Cc2ccccc2)C(=O)NC2CCCC2)c2ccccc2OC)cc1. The van der Waals surface area contributed by atoms with Gasteiger partial charge in [0.05, 0.1) is 24.8 Å². The summed E-state index contributed by atoms with van der Waals surface area (Å²) >= 11 is 0. The third-order valence-corrected chi connectivity index (χ3v) is 10.3. The van der Waals surface area contributed by atoms with Crippen molar-refractivity contribution in [1.82, 2.24) is 10.2 Å². The Balaban J connectivity index is 1.58. The van der Waals surface area contributed by atoms with Gasteiger partial charge in [0.2, 0.25) is 11.8 Å². The van der Waals surface area contributed by atoms with Gasteiger partial charge in [-0.2, -0.15) is 0 Å². The van der Waals surface area contributed by atoms with Crippen molar-refractivity contribution in [1.29, 1.82) is 0 Å². The Morgan fingerprint density at radius 3 is 2.12 bits per heavy atom. The molecule has 1 atom stereocenters. The molecular formula is C37H40FN3O6S. The van der Waals surface area contributed by atoms with Crippen molar-refractivity contribution in [2.24, 2.45) is 0 Å². The number of carbonyl (C=O) groups is 2. The molecule has 0 aliphatic heterocycles. The number of hydrogen-bond acceptors (Lipinski definition) is 6. The number of sulfonamides is 1. The molecule has 2 amide bonds. The molecule has 1 aliphatic carbocycles. The van der Waals surface area contributed by atoms with Gasteiger partial charge in [-0.05, 0) is 72.5 Å². The van der Waals surface area contributed by atoms with Gasteiger partial charge in [0, 0.05) is 19.0 Å². The van der Waals surface area contributed by atoms with E-state index in [-0.39, 0.29) is 41.2 Å². The normalized spacial score (nSPS) is 13.8. The second kappa shape index (κ2) is 15.8. The maximum absolute atomic E-state index is 14.7. The zero-order valence-electron chi connectivity index (χ0n) is 27.0. The molecule has 0 aromatic heterocycles. The van der Waals surface area contributed by atoms with E-state index in [1.54, 1.807) is 36.4 Å². The fraction of sp³-hybridized carbons (Fsp3) is 0.297. The second-order valence-corrected chi connectivity index (χ2v) is 13.6. The molecule has 4 aromatic rings. The van der Waals surface area contributed by atoms with Crippen molar-refractivity contribution in [3.8, 4) is 11.5 Å². The van der Waals surface area contributed by atoms with E-state index in [0.717, 1.165) is 35.6 Å².